The Hall–Kier alpha value is -1.51. The van der Waals surface area contributed by atoms with Crippen molar-refractivity contribution in [3.8, 4) is 0 Å². The Labute approximate surface area is 122 Å². The lowest BCUT2D eigenvalue weighted by Gasteiger charge is -2.24. The van der Waals surface area contributed by atoms with Crippen LogP contribution in [0.2, 0.25) is 0 Å². The van der Waals surface area contributed by atoms with E-state index in [1.54, 1.807) is 0 Å². The molecule has 0 atom stereocenters. The van der Waals surface area contributed by atoms with Crippen LogP contribution in [0.3, 0.4) is 0 Å². The van der Waals surface area contributed by atoms with Crippen LogP contribution in [0.4, 0.5) is 5.69 Å². The number of carbonyl (C=O) groups is 1. The number of nitrogens with one attached hydrogen (secondary N) is 1. The highest BCUT2D eigenvalue weighted by Crippen LogP contribution is 2.30. The molecule has 0 saturated carbocycles. The van der Waals surface area contributed by atoms with Crippen molar-refractivity contribution in [2.24, 2.45) is 5.41 Å². The third kappa shape index (κ3) is 3.33. The van der Waals surface area contributed by atoms with Crippen LogP contribution in [-0.4, -0.2) is 30.9 Å². The standard InChI is InChI=1S/C17H26N2O/c1-13-12-14(18-4)6-7-15(13)16(20)19-10-5-8-17(2,3)9-11-19/h6-7,12,18H,5,8-11H2,1-4H3. The van der Waals surface area contributed by atoms with Crippen molar-refractivity contribution in [3.05, 3.63) is 29.3 Å². The monoisotopic (exact) mass is 274 g/mol. The van der Waals surface area contributed by atoms with Gasteiger partial charge in [0, 0.05) is 31.4 Å². The Balaban J connectivity index is 2.15. The summed E-state index contributed by atoms with van der Waals surface area (Å²) in [5.74, 6) is 0.183. The summed E-state index contributed by atoms with van der Waals surface area (Å²) in [6.07, 6.45) is 3.40. The molecule has 1 N–H and O–H groups in total. The third-order valence-corrected chi connectivity index (χ3v) is 4.37. The number of rotatable bonds is 2. The van der Waals surface area contributed by atoms with Crippen molar-refractivity contribution >= 4 is 11.6 Å². The van der Waals surface area contributed by atoms with Crippen LogP contribution in [0.15, 0.2) is 18.2 Å². The van der Waals surface area contributed by atoms with Gasteiger partial charge in [-0.05, 0) is 55.4 Å². The van der Waals surface area contributed by atoms with Crippen molar-refractivity contribution in [2.45, 2.75) is 40.0 Å². The lowest BCUT2D eigenvalue weighted by atomic mass is 9.85. The predicted octanol–water partition coefficient (Wildman–Crippen LogP) is 3.69. The summed E-state index contributed by atoms with van der Waals surface area (Å²) in [5.41, 5.74) is 3.30. The van der Waals surface area contributed by atoms with Crippen LogP contribution in [0.1, 0.15) is 49.0 Å². The van der Waals surface area contributed by atoms with Crippen LogP contribution in [0.25, 0.3) is 0 Å². The van der Waals surface area contributed by atoms with E-state index in [2.05, 4.69) is 19.2 Å². The average molecular weight is 274 g/mol. The maximum Gasteiger partial charge on any atom is 0.254 e. The lowest BCUT2D eigenvalue weighted by molar-refractivity contribution is 0.0756. The molecule has 1 fully saturated rings. The number of anilines is 1. The average Bonchev–Trinajstić information content (AvgIpc) is 2.59. The minimum absolute atomic E-state index is 0.183. The van der Waals surface area contributed by atoms with Crippen LogP contribution in [0, 0.1) is 12.3 Å². The van der Waals surface area contributed by atoms with E-state index in [-0.39, 0.29) is 5.91 Å². The third-order valence-electron chi connectivity index (χ3n) is 4.37. The predicted molar refractivity (Wildman–Crippen MR) is 84.3 cm³/mol. The van der Waals surface area contributed by atoms with Crippen molar-refractivity contribution in [1.82, 2.24) is 4.90 Å². The molecule has 1 aromatic carbocycles. The quantitative estimate of drug-likeness (QED) is 0.892. The maximum atomic E-state index is 12.7. The van der Waals surface area contributed by atoms with Crippen molar-refractivity contribution in [2.75, 3.05) is 25.5 Å². The van der Waals surface area contributed by atoms with Gasteiger partial charge in [0.25, 0.3) is 5.91 Å². The fourth-order valence-electron chi connectivity index (χ4n) is 2.86. The van der Waals surface area contributed by atoms with Crippen molar-refractivity contribution in [3.63, 3.8) is 0 Å². The topological polar surface area (TPSA) is 32.3 Å². The van der Waals surface area contributed by atoms with Crippen molar-refractivity contribution in [1.29, 1.82) is 0 Å². The number of aryl methyl sites for hydroxylation is 1. The van der Waals surface area contributed by atoms with E-state index in [0.717, 1.165) is 42.7 Å². The molecule has 20 heavy (non-hydrogen) atoms. The normalized spacial score (nSPS) is 18.5. The van der Waals surface area contributed by atoms with Gasteiger partial charge in [-0.15, -0.1) is 0 Å². The van der Waals surface area contributed by atoms with Gasteiger partial charge in [0.05, 0.1) is 0 Å². The molecule has 3 heteroatoms. The molecule has 1 aromatic rings. The number of hydrogen-bond donors (Lipinski definition) is 1. The minimum Gasteiger partial charge on any atom is -0.388 e. The van der Waals surface area contributed by atoms with E-state index >= 15 is 0 Å². The van der Waals surface area contributed by atoms with Crippen LogP contribution in [0.5, 0.6) is 0 Å². The van der Waals surface area contributed by atoms with Crippen molar-refractivity contribution < 1.29 is 4.79 Å². The molecule has 2 rings (SSSR count). The maximum absolute atomic E-state index is 12.7. The fraction of sp³-hybridized carbons (Fsp3) is 0.588. The van der Waals surface area contributed by atoms with Gasteiger partial charge in [-0.2, -0.15) is 0 Å². The van der Waals surface area contributed by atoms with E-state index < -0.39 is 0 Å². The highest BCUT2D eigenvalue weighted by molar-refractivity contribution is 5.96. The Morgan fingerprint density at radius 3 is 2.65 bits per heavy atom. The highest BCUT2D eigenvalue weighted by atomic mass is 16.2. The molecule has 0 spiro atoms. The van der Waals surface area contributed by atoms with Gasteiger partial charge in [0.1, 0.15) is 0 Å². The van der Waals surface area contributed by atoms with Gasteiger partial charge in [0.15, 0.2) is 0 Å². The SMILES string of the molecule is CNc1ccc(C(=O)N2CCCC(C)(C)CC2)c(C)c1. The van der Waals surface area contributed by atoms with E-state index in [1.807, 2.05) is 37.1 Å². The first-order chi connectivity index (χ1) is 9.43. The number of benzene rings is 1. The Morgan fingerprint density at radius 2 is 2.00 bits per heavy atom. The second-order valence-corrected chi connectivity index (χ2v) is 6.59. The zero-order chi connectivity index (χ0) is 14.8. The first kappa shape index (κ1) is 14.9. The van der Waals surface area contributed by atoms with Crippen LogP contribution >= 0.6 is 0 Å². The van der Waals surface area contributed by atoms with Gasteiger partial charge in [-0.25, -0.2) is 0 Å². The van der Waals surface area contributed by atoms with Gasteiger partial charge in [-0.3, -0.25) is 4.79 Å². The van der Waals surface area contributed by atoms with E-state index in [0.29, 0.717) is 5.41 Å². The summed E-state index contributed by atoms with van der Waals surface area (Å²) in [6.45, 7) is 8.37. The number of carbonyl (C=O) groups excluding carboxylic acids is 1. The Kier molecular flexibility index (Phi) is 4.36. The van der Waals surface area contributed by atoms with E-state index in [1.165, 1.54) is 6.42 Å². The number of hydrogen-bond acceptors (Lipinski definition) is 2. The fourth-order valence-corrected chi connectivity index (χ4v) is 2.86. The van der Waals surface area contributed by atoms with Gasteiger partial charge >= 0.3 is 0 Å². The molecule has 1 heterocycles. The first-order valence-electron chi connectivity index (χ1n) is 7.51. The Bertz CT molecular complexity index is 494. The van der Waals surface area contributed by atoms with E-state index in [4.69, 9.17) is 0 Å². The molecule has 0 radical (unpaired) electrons. The molecular formula is C17H26N2O. The molecular weight excluding hydrogens is 248 g/mol. The Morgan fingerprint density at radius 1 is 1.25 bits per heavy atom. The number of likely N-dealkylation sites (tertiary alicyclic amines) is 1. The van der Waals surface area contributed by atoms with Gasteiger partial charge in [-0.1, -0.05) is 13.8 Å². The van der Waals surface area contributed by atoms with Gasteiger partial charge in [0.2, 0.25) is 0 Å². The summed E-state index contributed by atoms with van der Waals surface area (Å²) in [5, 5.41) is 3.11. The molecule has 0 bridgehead atoms. The molecule has 1 amide bonds. The zero-order valence-corrected chi connectivity index (χ0v) is 13.1. The summed E-state index contributed by atoms with van der Waals surface area (Å²) >= 11 is 0. The second-order valence-electron chi connectivity index (χ2n) is 6.59. The minimum atomic E-state index is 0.183. The summed E-state index contributed by atoms with van der Waals surface area (Å²) in [4.78, 5) is 14.7. The number of nitrogens with zero attached hydrogens (tertiary/aromatic N) is 1. The summed E-state index contributed by atoms with van der Waals surface area (Å²) < 4.78 is 0. The molecule has 0 aliphatic carbocycles. The van der Waals surface area contributed by atoms with Crippen LogP contribution < -0.4 is 5.32 Å². The number of amides is 1. The molecule has 1 saturated heterocycles. The second kappa shape index (κ2) is 5.86. The smallest absolute Gasteiger partial charge is 0.254 e. The molecule has 0 aromatic heterocycles. The molecule has 3 nitrogen and oxygen atoms in total. The summed E-state index contributed by atoms with van der Waals surface area (Å²) in [6, 6.07) is 5.95. The van der Waals surface area contributed by atoms with Gasteiger partial charge < -0.3 is 10.2 Å². The highest BCUT2D eigenvalue weighted by Gasteiger charge is 2.26. The zero-order valence-electron chi connectivity index (χ0n) is 13.1. The summed E-state index contributed by atoms with van der Waals surface area (Å²) in [7, 11) is 1.90. The first-order valence-corrected chi connectivity index (χ1v) is 7.51. The molecule has 0 unspecified atom stereocenters. The largest absolute Gasteiger partial charge is 0.388 e. The van der Waals surface area contributed by atoms with E-state index in [9.17, 15) is 4.79 Å². The molecule has 110 valence electrons. The van der Waals surface area contributed by atoms with Crippen LogP contribution in [-0.2, 0) is 0 Å². The molecule has 1 aliphatic rings. The lowest BCUT2D eigenvalue weighted by Crippen LogP contribution is -2.32. The molecule has 1 aliphatic heterocycles.